The van der Waals surface area contributed by atoms with E-state index in [4.69, 9.17) is 9.47 Å². The number of rotatable bonds is 8. The first kappa shape index (κ1) is 20.4. The Morgan fingerprint density at radius 3 is 2.78 bits per heavy atom. The van der Waals surface area contributed by atoms with Gasteiger partial charge in [0.15, 0.2) is 11.5 Å². The lowest BCUT2D eigenvalue weighted by molar-refractivity contribution is -0.116. The molecule has 0 fully saturated rings. The molecule has 146 valence electrons. The van der Waals surface area contributed by atoms with Crippen LogP contribution >= 0.6 is 0 Å². The quantitative estimate of drug-likeness (QED) is 0.523. The lowest BCUT2D eigenvalue weighted by Crippen LogP contribution is -2.30. The van der Waals surface area contributed by atoms with Crippen LogP contribution in [0.2, 0.25) is 0 Å². The second-order valence-corrected chi connectivity index (χ2v) is 5.72. The molecule has 0 radical (unpaired) electrons. The van der Waals surface area contributed by atoms with Crippen molar-refractivity contribution in [1.29, 1.82) is 0 Å². The molecule has 1 aromatic rings. The third kappa shape index (κ3) is 4.43. The second kappa shape index (κ2) is 9.68. The predicted molar refractivity (Wildman–Crippen MR) is 106 cm³/mol. The van der Waals surface area contributed by atoms with Crippen LogP contribution in [0.4, 0.5) is 5.69 Å². The maximum atomic E-state index is 12.4. The van der Waals surface area contributed by atoms with Crippen molar-refractivity contribution in [3.63, 3.8) is 0 Å². The van der Waals surface area contributed by atoms with Crippen molar-refractivity contribution in [2.75, 3.05) is 32.6 Å². The van der Waals surface area contributed by atoms with Crippen LogP contribution in [0.3, 0.4) is 0 Å². The largest absolute Gasteiger partial charge is 0.494 e. The van der Waals surface area contributed by atoms with Crippen LogP contribution in [0.15, 0.2) is 53.1 Å². The van der Waals surface area contributed by atoms with Crippen molar-refractivity contribution in [3.05, 3.63) is 53.1 Å². The van der Waals surface area contributed by atoms with Gasteiger partial charge in [-0.2, -0.15) is 0 Å². The molecule has 0 saturated carbocycles. The van der Waals surface area contributed by atoms with E-state index in [0.29, 0.717) is 46.5 Å². The van der Waals surface area contributed by atoms with Gasteiger partial charge < -0.3 is 30.5 Å². The van der Waals surface area contributed by atoms with Crippen molar-refractivity contribution >= 4 is 11.6 Å². The standard InChI is InChI=1S/C20H27N3O4/c1-5-8-14(22-11-12-24)19-17(13(6-2)20(25)21-3)23-18-15(26-4)9-7-10-16(18)27-19/h6-10,22-24H,5,11-12H2,1-4H3,(H,21,25)/b13-6+,14-8-. The number of anilines is 1. The minimum absolute atomic E-state index is 0.0204. The van der Waals surface area contributed by atoms with Crippen LogP contribution in [0.1, 0.15) is 20.3 Å². The third-order valence-corrected chi connectivity index (χ3v) is 4.01. The molecule has 7 nitrogen and oxygen atoms in total. The van der Waals surface area contributed by atoms with Gasteiger partial charge in [0, 0.05) is 13.6 Å². The van der Waals surface area contributed by atoms with E-state index in [1.54, 1.807) is 27.2 Å². The molecule has 1 aliphatic rings. The van der Waals surface area contributed by atoms with Gasteiger partial charge in [0.1, 0.15) is 11.4 Å². The molecular weight excluding hydrogens is 346 g/mol. The number of fused-ring (bicyclic) bond motifs is 1. The van der Waals surface area contributed by atoms with Gasteiger partial charge in [-0.3, -0.25) is 4.79 Å². The molecule has 4 N–H and O–H groups in total. The second-order valence-electron chi connectivity index (χ2n) is 5.72. The number of hydrogen-bond acceptors (Lipinski definition) is 6. The fraction of sp³-hybridized carbons (Fsp3) is 0.350. The number of nitrogens with one attached hydrogen (secondary N) is 3. The number of aliphatic hydroxyl groups excluding tert-OH is 1. The third-order valence-electron chi connectivity index (χ3n) is 4.01. The smallest absolute Gasteiger partial charge is 0.252 e. The number of allylic oxidation sites excluding steroid dienone is 2. The molecule has 0 aromatic heterocycles. The number of amides is 1. The van der Waals surface area contributed by atoms with E-state index in [9.17, 15) is 9.90 Å². The zero-order valence-corrected chi connectivity index (χ0v) is 16.2. The van der Waals surface area contributed by atoms with Crippen LogP contribution in [0.5, 0.6) is 11.5 Å². The monoisotopic (exact) mass is 373 g/mol. The van der Waals surface area contributed by atoms with E-state index >= 15 is 0 Å². The summed E-state index contributed by atoms with van der Waals surface area (Å²) in [6.45, 7) is 4.14. The van der Waals surface area contributed by atoms with E-state index in [1.165, 1.54) is 0 Å². The Morgan fingerprint density at radius 1 is 1.41 bits per heavy atom. The summed E-state index contributed by atoms with van der Waals surface area (Å²) in [4.78, 5) is 12.4. The Bertz CT molecular complexity index is 781. The van der Waals surface area contributed by atoms with Crippen molar-refractivity contribution in [2.24, 2.45) is 0 Å². The van der Waals surface area contributed by atoms with Crippen LogP contribution in [0, 0.1) is 0 Å². The van der Waals surface area contributed by atoms with Gasteiger partial charge in [0.2, 0.25) is 0 Å². The number of para-hydroxylation sites is 1. The van der Waals surface area contributed by atoms with E-state index in [1.807, 2.05) is 31.2 Å². The molecule has 1 aromatic carbocycles. The van der Waals surface area contributed by atoms with Gasteiger partial charge in [-0.1, -0.05) is 25.1 Å². The number of benzene rings is 1. The lowest BCUT2D eigenvalue weighted by Gasteiger charge is -2.28. The maximum Gasteiger partial charge on any atom is 0.252 e. The number of aliphatic hydroxyl groups is 1. The maximum absolute atomic E-state index is 12.4. The van der Waals surface area contributed by atoms with Crippen molar-refractivity contribution in [3.8, 4) is 11.5 Å². The number of carbonyl (C=O) groups is 1. The average molecular weight is 373 g/mol. The number of carbonyl (C=O) groups excluding carboxylic acids is 1. The Hall–Kier alpha value is -2.93. The molecule has 2 rings (SSSR count). The summed E-state index contributed by atoms with van der Waals surface area (Å²) < 4.78 is 11.6. The van der Waals surface area contributed by atoms with Crippen LogP contribution in [0.25, 0.3) is 0 Å². The van der Waals surface area contributed by atoms with Crippen molar-refractivity contribution < 1.29 is 19.4 Å². The Morgan fingerprint density at radius 2 is 2.19 bits per heavy atom. The highest BCUT2D eigenvalue weighted by molar-refractivity contribution is 5.99. The average Bonchev–Trinajstić information content (AvgIpc) is 2.70. The number of ether oxygens (including phenoxy) is 2. The molecule has 27 heavy (non-hydrogen) atoms. The molecule has 0 spiro atoms. The zero-order chi connectivity index (χ0) is 19.8. The molecule has 0 atom stereocenters. The highest BCUT2D eigenvalue weighted by atomic mass is 16.5. The molecule has 1 amide bonds. The summed E-state index contributed by atoms with van der Waals surface area (Å²) >= 11 is 0. The van der Waals surface area contributed by atoms with Crippen molar-refractivity contribution in [1.82, 2.24) is 10.6 Å². The number of likely N-dealkylation sites (N-methyl/N-ethyl adjacent to an activating group) is 1. The summed E-state index contributed by atoms with van der Waals surface area (Å²) in [5, 5.41) is 18.3. The van der Waals surface area contributed by atoms with Gasteiger partial charge in [-0.05, 0) is 25.5 Å². The molecule has 0 aliphatic carbocycles. The van der Waals surface area contributed by atoms with E-state index in [-0.39, 0.29) is 12.5 Å². The van der Waals surface area contributed by atoms with E-state index in [0.717, 1.165) is 6.42 Å². The Balaban J connectivity index is 2.63. The fourth-order valence-electron chi connectivity index (χ4n) is 2.77. The summed E-state index contributed by atoms with van der Waals surface area (Å²) in [7, 11) is 3.16. The first-order valence-electron chi connectivity index (χ1n) is 8.91. The predicted octanol–water partition coefficient (Wildman–Crippen LogP) is 2.28. The minimum atomic E-state index is -0.238. The molecule has 0 bridgehead atoms. The van der Waals surface area contributed by atoms with E-state index < -0.39 is 0 Å². The Labute approximate surface area is 159 Å². The van der Waals surface area contributed by atoms with Crippen LogP contribution < -0.4 is 25.4 Å². The topological polar surface area (TPSA) is 91.9 Å². The van der Waals surface area contributed by atoms with E-state index in [2.05, 4.69) is 16.0 Å². The molecule has 0 unspecified atom stereocenters. The molecule has 0 saturated heterocycles. The van der Waals surface area contributed by atoms with Gasteiger partial charge in [-0.25, -0.2) is 0 Å². The summed E-state index contributed by atoms with van der Waals surface area (Å²) in [5.41, 5.74) is 2.32. The molecule has 1 heterocycles. The Kier molecular flexibility index (Phi) is 7.31. The first-order valence-corrected chi connectivity index (χ1v) is 8.91. The SMILES string of the molecule is C/C=C(/C(=O)NC)C1=C(/C(=C/CC)NCCO)Oc2cccc(OC)c2N1. The van der Waals surface area contributed by atoms with Crippen molar-refractivity contribution in [2.45, 2.75) is 20.3 Å². The van der Waals surface area contributed by atoms with Gasteiger partial charge in [0.25, 0.3) is 5.91 Å². The molecule has 7 heteroatoms. The highest BCUT2D eigenvalue weighted by Crippen LogP contribution is 2.42. The summed E-state index contributed by atoms with van der Waals surface area (Å²) in [6, 6.07) is 5.48. The number of hydrogen-bond donors (Lipinski definition) is 4. The molecule has 1 aliphatic heterocycles. The van der Waals surface area contributed by atoms with Crippen LogP contribution in [-0.2, 0) is 4.79 Å². The van der Waals surface area contributed by atoms with Gasteiger partial charge >= 0.3 is 0 Å². The summed E-state index contributed by atoms with van der Waals surface area (Å²) in [5.74, 6) is 1.45. The lowest BCUT2D eigenvalue weighted by atomic mass is 10.1. The number of methoxy groups -OCH3 is 1. The molecular formula is C20H27N3O4. The van der Waals surface area contributed by atoms with Gasteiger partial charge in [0.05, 0.1) is 30.7 Å². The normalized spacial score (nSPS) is 14.1. The zero-order valence-electron chi connectivity index (χ0n) is 16.2. The van der Waals surface area contributed by atoms with Crippen LogP contribution in [-0.4, -0.2) is 38.3 Å². The first-order chi connectivity index (χ1) is 13.1. The highest BCUT2D eigenvalue weighted by Gasteiger charge is 2.28. The fourth-order valence-corrected chi connectivity index (χ4v) is 2.77. The summed E-state index contributed by atoms with van der Waals surface area (Å²) in [6.07, 6.45) is 4.43. The van der Waals surface area contributed by atoms with Gasteiger partial charge in [-0.15, -0.1) is 0 Å². The minimum Gasteiger partial charge on any atom is -0.494 e.